The molecular formula is C17H26N2O. The van der Waals surface area contributed by atoms with E-state index in [9.17, 15) is 4.79 Å². The lowest BCUT2D eigenvalue weighted by Crippen LogP contribution is -2.42. The maximum atomic E-state index is 12.5. The van der Waals surface area contributed by atoms with Gasteiger partial charge in [-0.15, -0.1) is 0 Å². The molecule has 0 saturated heterocycles. The molecule has 2 N–H and O–H groups in total. The fraction of sp³-hybridized carbons (Fsp3) is 0.588. The Morgan fingerprint density at radius 1 is 1.25 bits per heavy atom. The van der Waals surface area contributed by atoms with Crippen LogP contribution in [0.5, 0.6) is 0 Å². The van der Waals surface area contributed by atoms with Crippen LogP contribution in [0.3, 0.4) is 0 Å². The molecule has 0 bridgehead atoms. The van der Waals surface area contributed by atoms with E-state index in [1.54, 1.807) is 0 Å². The van der Waals surface area contributed by atoms with Crippen LogP contribution in [0.1, 0.15) is 57.1 Å². The van der Waals surface area contributed by atoms with Crippen molar-refractivity contribution in [3.05, 3.63) is 35.9 Å². The Labute approximate surface area is 122 Å². The maximum Gasteiger partial charge on any atom is 0.224 e. The van der Waals surface area contributed by atoms with Crippen LogP contribution >= 0.6 is 0 Å². The highest BCUT2D eigenvalue weighted by Crippen LogP contribution is 2.24. The minimum absolute atomic E-state index is 0.193. The van der Waals surface area contributed by atoms with E-state index in [-0.39, 0.29) is 11.9 Å². The third-order valence-electron chi connectivity index (χ3n) is 4.30. The Kier molecular flexibility index (Phi) is 5.60. The Morgan fingerprint density at radius 2 is 1.90 bits per heavy atom. The van der Waals surface area contributed by atoms with Crippen molar-refractivity contribution >= 4 is 5.91 Å². The minimum Gasteiger partial charge on any atom is -0.340 e. The largest absolute Gasteiger partial charge is 0.340 e. The lowest BCUT2D eigenvalue weighted by atomic mass is 9.93. The van der Waals surface area contributed by atoms with E-state index < -0.39 is 0 Å². The number of rotatable bonds is 5. The number of nitrogens with two attached hydrogens (primary N) is 1. The molecule has 0 spiro atoms. The highest BCUT2D eigenvalue weighted by Gasteiger charge is 2.25. The van der Waals surface area contributed by atoms with Crippen molar-refractivity contribution in [3.63, 3.8) is 0 Å². The van der Waals surface area contributed by atoms with E-state index in [0.717, 1.165) is 24.9 Å². The Bertz CT molecular complexity index is 412. The van der Waals surface area contributed by atoms with Gasteiger partial charge in [-0.1, -0.05) is 49.6 Å². The number of hydrogen-bond donors (Lipinski definition) is 1. The van der Waals surface area contributed by atoms with E-state index in [2.05, 4.69) is 6.92 Å². The molecule has 1 fully saturated rings. The summed E-state index contributed by atoms with van der Waals surface area (Å²) in [6.07, 6.45) is 6.53. The van der Waals surface area contributed by atoms with Gasteiger partial charge in [-0.05, 0) is 25.3 Å². The fourth-order valence-corrected chi connectivity index (χ4v) is 3.15. The third-order valence-corrected chi connectivity index (χ3v) is 4.30. The predicted molar refractivity (Wildman–Crippen MR) is 82.2 cm³/mol. The first kappa shape index (κ1) is 15.0. The second-order valence-corrected chi connectivity index (χ2v) is 5.69. The van der Waals surface area contributed by atoms with Gasteiger partial charge >= 0.3 is 0 Å². The lowest BCUT2D eigenvalue weighted by Gasteiger charge is -2.34. The van der Waals surface area contributed by atoms with Crippen molar-refractivity contribution in [2.45, 2.75) is 57.5 Å². The monoisotopic (exact) mass is 274 g/mol. The Balaban J connectivity index is 1.95. The Hall–Kier alpha value is -1.35. The van der Waals surface area contributed by atoms with Crippen molar-refractivity contribution in [2.75, 3.05) is 6.54 Å². The molecule has 1 aliphatic rings. The molecule has 110 valence electrons. The van der Waals surface area contributed by atoms with Crippen LogP contribution < -0.4 is 5.73 Å². The molecular weight excluding hydrogens is 248 g/mol. The summed E-state index contributed by atoms with van der Waals surface area (Å²) in [6, 6.07) is 10.1. The van der Waals surface area contributed by atoms with Crippen molar-refractivity contribution in [1.82, 2.24) is 4.90 Å². The average molecular weight is 274 g/mol. The van der Waals surface area contributed by atoms with Crippen molar-refractivity contribution in [3.8, 4) is 0 Å². The average Bonchev–Trinajstić information content (AvgIpc) is 2.50. The number of carbonyl (C=O) groups is 1. The normalized spacial score (nSPS) is 17.7. The van der Waals surface area contributed by atoms with Crippen molar-refractivity contribution < 1.29 is 4.79 Å². The molecule has 0 heterocycles. The predicted octanol–water partition coefficient (Wildman–Crippen LogP) is 3.26. The van der Waals surface area contributed by atoms with Gasteiger partial charge in [0.15, 0.2) is 0 Å². The quantitative estimate of drug-likeness (QED) is 0.896. The van der Waals surface area contributed by atoms with E-state index in [1.165, 1.54) is 19.3 Å². The van der Waals surface area contributed by atoms with Gasteiger partial charge in [0.25, 0.3) is 0 Å². The fourth-order valence-electron chi connectivity index (χ4n) is 3.15. The van der Waals surface area contributed by atoms with Crippen LogP contribution in [0.15, 0.2) is 30.3 Å². The van der Waals surface area contributed by atoms with E-state index in [4.69, 9.17) is 5.73 Å². The van der Waals surface area contributed by atoms with Crippen molar-refractivity contribution in [2.24, 2.45) is 5.73 Å². The molecule has 20 heavy (non-hydrogen) atoms. The highest BCUT2D eigenvalue weighted by molar-refractivity contribution is 5.77. The second kappa shape index (κ2) is 7.44. The van der Waals surface area contributed by atoms with Crippen LogP contribution in [-0.2, 0) is 4.79 Å². The molecule has 1 saturated carbocycles. The molecule has 3 heteroatoms. The summed E-state index contributed by atoms with van der Waals surface area (Å²) in [5.74, 6) is 0.204. The molecule has 1 atom stereocenters. The molecule has 2 rings (SSSR count). The number of amides is 1. The number of nitrogens with zero attached hydrogens (tertiary/aromatic N) is 1. The number of carbonyl (C=O) groups excluding carboxylic acids is 1. The zero-order chi connectivity index (χ0) is 14.4. The standard InChI is InChI=1S/C17H26N2O/c1-2-19(15-11-7-4-8-12-15)17(20)13-16(18)14-9-5-3-6-10-14/h3,5-6,9-10,15-16H,2,4,7-8,11-13,18H2,1H3. The molecule has 1 aromatic rings. The van der Waals surface area contributed by atoms with Gasteiger partial charge < -0.3 is 10.6 Å². The third kappa shape index (κ3) is 3.83. The van der Waals surface area contributed by atoms with Crippen LogP contribution in [-0.4, -0.2) is 23.4 Å². The smallest absolute Gasteiger partial charge is 0.224 e. The Morgan fingerprint density at radius 3 is 2.50 bits per heavy atom. The summed E-state index contributed by atoms with van der Waals surface area (Å²) in [4.78, 5) is 14.5. The lowest BCUT2D eigenvalue weighted by molar-refractivity contribution is -0.134. The van der Waals surface area contributed by atoms with Crippen molar-refractivity contribution in [1.29, 1.82) is 0 Å². The van der Waals surface area contributed by atoms with Crippen LogP contribution in [0.4, 0.5) is 0 Å². The summed E-state index contributed by atoms with van der Waals surface area (Å²) in [5.41, 5.74) is 7.21. The molecule has 3 nitrogen and oxygen atoms in total. The van der Waals surface area contributed by atoms with Gasteiger partial charge in [-0.3, -0.25) is 4.79 Å². The molecule has 1 amide bonds. The summed E-state index contributed by atoms with van der Waals surface area (Å²) in [5, 5.41) is 0. The molecule has 1 aliphatic carbocycles. The van der Waals surface area contributed by atoms with Crippen LogP contribution in [0, 0.1) is 0 Å². The zero-order valence-electron chi connectivity index (χ0n) is 12.4. The molecule has 0 radical (unpaired) electrons. The van der Waals surface area contributed by atoms with Gasteiger partial charge in [0.1, 0.15) is 0 Å². The van der Waals surface area contributed by atoms with Crippen LogP contribution in [0.25, 0.3) is 0 Å². The molecule has 1 aromatic carbocycles. The second-order valence-electron chi connectivity index (χ2n) is 5.69. The van der Waals surface area contributed by atoms with Gasteiger partial charge in [0, 0.05) is 25.0 Å². The van der Waals surface area contributed by atoms with E-state index in [1.807, 2.05) is 35.2 Å². The summed E-state index contributed by atoms with van der Waals surface area (Å²) in [6.45, 7) is 2.87. The van der Waals surface area contributed by atoms with Crippen LogP contribution in [0.2, 0.25) is 0 Å². The van der Waals surface area contributed by atoms with Gasteiger partial charge in [-0.2, -0.15) is 0 Å². The maximum absolute atomic E-state index is 12.5. The summed E-state index contributed by atoms with van der Waals surface area (Å²) < 4.78 is 0. The van der Waals surface area contributed by atoms with Gasteiger partial charge in [0.05, 0.1) is 0 Å². The molecule has 0 aromatic heterocycles. The first-order valence-electron chi connectivity index (χ1n) is 7.82. The molecule has 1 unspecified atom stereocenters. The first-order valence-corrected chi connectivity index (χ1v) is 7.82. The topological polar surface area (TPSA) is 46.3 Å². The SMILES string of the molecule is CCN(C(=O)CC(N)c1ccccc1)C1CCCCC1. The molecule has 0 aliphatic heterocycles. The summed E-state index contributed by atoms with van der Waals surface area (Å²) >= 11 is 0. The number of benzene rings is 1. The minimum atomic E-state index is -0.193. The van der Waals surface area contributed by atoms with E-state index >= 15 is 0 Å². The highest BCUT2D eigenvalue weighted by atomic mass is 16.2. The number of hydrogen-bond acceptors (Lipinski definition) is 2. The first-order chi connectivity index (χ1) is 9.72. The summed E-state index contributed by atoms with van der Waals surface area (Å²) in [7, 11) is 0. The van der Waals surface area contributed by atoms with E-state index in [0.29, 0.717) is 12.5 Å². The van der Waals surface area contributed by atoms with Gasteiger partial charge in [0.2, 0.25) is 5.91 Å². The van der Waals surface area contributed by atoms with Gasteiger partial charge in [-0.25, -0.2) is 0 Å². The zero-order valence-corrected chi connectivity index (χ0v) is 12.4.